The van der Waals surface area contributed by atoms with Gasteiger partial charge in [-0.2, -0.15) is 5.10 Å². The van der Waals surface area contributed by atoms with Gasteiger partial charge in [-0.3, -0.25) is 14.4 Å². The van der Waals surface area contributed by atoms with E-state index in [1.807, 2.05) is 20.2 Å². The van der Waals surface area contributed by atoms with Crippen LogP contribution in [-0.2, 0) is 11.8 Å². The molecule has 6 heteroatoms. The van der Waals surface area contributed by atoms with Gasteiger partial charge in [0.05, 0.1) is 12.1 Å². The number of rotatable bonds is 4. The Bertz CT molecular complexity index is 449. The fourth-order valence-electron chi connectivity index (χ4n) is 2.68. The standard InChI is InChI=1S/C13H22N4O2/c1-10-11(9-16(3)14-10)12(8-13(18)19)17-6-4-15(2)5-7-17/h9,12H,4-8H2,1-3H3,(H,18,19). The summed E-state index contributed by atoms with van der Waals surface area (Å²) in [6.07, 6.45) is 2.08. The number of carboxylic acid groups (broad SMARTS) is 1. The maximum Gasteiger partial charge on any atom is 0.305 e. The van der Waals surface area contributed by atoms with E-state index in [4.69, 9.17) is 5.11 Å². The fraction of sp³-hybridized carbons (Fsp3) is 0.692. The molecule has 2 rings (SSSR count). The zero-order valence-electron chi connectivity index (χ0n) is 11.8. The average molecular weight is 266 g/mol. The molecule has 1 aromatic rings. The molecule has 1 N–H and O–H groups in total. The van der Waals surface area contributed by atoms with Crippen LogP contribution in [0.5, 0.6) is 0 Å². The van der Waals surface area contributed by atoms with Crippen LogP contribution in [0.25, 0.3) is 0 Å². The lowest BCUT2D eigenvalue weighted by Gasteiger charge is -2.37. The number of hydrogen-bond donors (Lipinski definition) is 1. The molecule has 106 valence electrons. The minimum atomic E-state index is -0.757. The predicted molar refractivity (Wildman–Crippen MR) is 72.0 cm³/mol. The van der Waals surface area contributed by atoms with Crippen molar-refractivity contribution in [2.45, 2.75) is 19.4 Å². The molecule has 1 unspecified atom stereocenters. The van der Waals surface area contributed by atoms with Gasteiger partial charge in [-0.15, -0.1) is 0 Å². The molecule has 1 aromatic heterocycles. The molecule has 0 aromatic carbocycles. The van der Waals surface area contributed by atoms with Crippen molar-refractivity contribution in [2.24, 2.45) is 7.05 Å². The molecule has 0 bridgehead atoms. The number of piperazine rings is 1. The van der Waals surface area contributed by atoms with E-state index in [0.717, 1.165) is 37.4 Å². The maximum absolute atomic E-state index is 11.1. The molecule has 0 spiro atoms. The molecule has 0 aliphatic carbocycles. The van der Waals surface area contributed by atoms with E-state index in [0.29, 0.717) is 0 Å². The molecule has 2 heterocycles. The fourth-order valence-corrected chi connectivity index (χ4v) is 2.68. The number of carboxylic acids is 1. The molecule has 1 aliphatic heterocycles. The molecule has 1 aliphatic rings. The Morgan fingerprint density at radius 2 is 2.00 bits per heavy atom. The van der Waals surface area contributed by atoms with Crippen LogP contribution in [0.2, 0.25) is 0 Å². The van der Waals surface area contributed by atoms with Gasteiger partial charge in [-0.25, -0.2) is 0 Å². The molecule has 1 fully saturated rings. The molecule has 0 radical (unpaired) electrons. The topological polar surface area (TPSA) is 61.6 Å². The summed E-state index contributed by atoms with van der Waals surface area (Å²) in [6.45, 7) is 5.72. The summed E-state index contributed by atoms with van der Waals surface area (Å²) in [4.78, 5) is 15.7. The van der Waals surface area contributed by atoms with Crippen LogP contribution in [0, 0.1) is 6.92 Å². The monoisotopic (exact) mass is 266 g/mol. The highest BCUT2D eigenvalue weighted by Gasteiger charge is 2.28. The third-order valence-corrected chi connectivity index (χ3v) is 3.76. The molecule has 1 atom stereocenters. The number of likely N-dealkylation sites (N-methyl/N-ethyl adjacent to an activating group) is 1. The summed E-state index contributed by atoms with van der Waals surface area (Å²) in [5.74, 6) is -0.757. The largest absolute Gasteiger partial charge is 0.481 e. The molecular weight excluding hydrogens is 244 g/mol. The summed E-state index contributed by atoms with van der Waals surface area (Å²) >= 11 is 0. The Morgan fingerprint density at radius 1 is 1.37 bits per heavy atom. The average Bonchev–Trinajstić information content (AvgIpc) is 2.66. The van der Waals surface area contributed by atoms with Crippen LogP contribution in [-0.4, -0.2) is 63.9 Å². The Hall–Kier alpha value is -1.40. The van der Waals surface area contributed by atoms with Crippen molar-refractivity contribution < 1.29 is 9.90 Å². The van der Waals surface area contributed by atoms with Gasteiger partial charge >= 0.3 is 5.97 Å². The van der Waals surface area contributed by atoms with Gasteiger partial charge in [-0.1, -0.05) is 0 Å². The smallest absolute Gasteiger partial charge is 0.305 e. The minimum Gasteiger partial charge on any atom is -0.481 e. The van der Waals surface area contributed by atoms with E-state index >= 15 is 0 Å². The second kappa shape index (κ2) is 5.71. The maximum atomic E-state index is 11.1. The van der Waals surface area contributed by atoms with Gasteiger partial charge in [0, 0.05) is 51.0 Å². The highest BCUT2D eigenvalue weighted by atomic mass is 16.4. The summed E-state index contributed by atoms with van der Waals surface area (Å²) in [5.41, 5.74) is 1.96. The summed E-state index contributed by atoms with van der Waals surface area (Å²) in [6, 6.07) is -0.0695. The van der Waals surface area contributed by atoms with Gasteiger partial charge < -0.3 is 10.0 Å². The van der Waals surface area contributed by atoms with Crippen molar-refractivity contribution in [3.8, 4) is 0 Å². The molecule has 0 saturated carbocycles. The van der Waals surface area contributed by atoms with Crippen molar-refractivity contribution in [3.63, 3.8) is 0 Å². The lowest BCUT2D eigenvalue weighted by atomic mass is 10.0. The van der Waals surface area contributed by atoms with E-state index in [-0.39, 0.29) is 12.5 Å². The first-order chi connectivity index (χ1) is 8.97. The van der Waals surface area contributed by atoms with E-state index in [1.54, 1.807) is 4.68 Å². The highest BCUT2D eigenvalue weighted by molar-refractivity contribution is 5.68. The lowest BCUT2D eigenvalue weighted by molar-refractivity contribution is -0.138. The number of nitrogens with zero attached hydrogens (tertiary/aromatic N) is 4. The quantitative estimate of drug-likeness (QED) is 0.859. The van der Waals surface area contributed by atoms with Crippen LogP contribution in [0.15, 0.2) is 6.20 Å². The Kier molecular flexibility index (Phi) is 4.21. The first kappa shape index (κ1) is 14.0. The number of aliphatic carboxylic acids is 1. The summed E-state index contributed by atoms with van der Waals surface area (Å²) < 4.78 is 1.76. The van der Waals surface area contributed by atoms with Gasteiger partial charge in [0.2, 0.25) is 0 Å². The van der Waals surface area contributed by atoms with Crippen LogP contribution >= 0.6 is 0 Å². The van der Waals surface area contributed by atoms with E-state index in [1.165, 1.54) is 0 Å². The van der Waals surface area contributed by atoms with Crippen molar-refractivity contribution in [1.82, 2.24) is 19.6 Å². The minimum absolute atomic E-state index is 0.0695. The number of carbonyl (C=O) groups is 1. The van der Waals surface area contributed by atoms with Crippen molar-refractivity contribution in [1.29, 1.82) is 0 Å². The Labute approximate surface area is 113 Å². The Morgan fingerprint density at radius 3 is 2.47 bits per heavy atom. The van der Waals surface area contributed by atoms with E-state index in [2.05, 4.69) is 21.9 Å². The van der Waals surface area contributed by atoms with Crippen molar-refractivity contribution in [2.75, 3.05) is 33.2 Å². The zero-order chi connectivity index (χ0) is 14.0. The molecule has 1 saturated heterocycles. The van der Waals surface area contributed by atoms with E-state index in [9.17, 15) is 4.79 Å². The van der Waals surface area contributed by atoms with Crippen LogP contribution in [0.3, 0.4) is 0 Å². The van der Waals surface area contributed by atoms with Gasteiger partial charge in [-0.05, 0) is 14.0 Å². The number of hydrogen-bond acceptors (Lipinski definition) is 4. The third kappa shape index (κ3) is 3.33. The predicted octanol–water partition coefficient (Wildman–Crippen LogP) is 0.492. The second-order valence-electron chi connectivity index (χ2n) is 5.30. The molecular formula is C13H22N4O2. The third-order valence-electron chi connectivity index (χ3n) is 3.76. The van der Waals surface area contributed by atoms with E-state index < -0.39 is 5.97 Å². The molecule has 0 amide bonds. The van der Waals surface area contributed by atoms with Crippen LogP contribution < -0.4 is 0 Å². The van der Waals surface area contributed by atoms with Gasteiger partial charge in [0.25, 0.3) is 0 Å². The first-order valence-electron chi connectivity index (χ1n) is 6.62. The number of aryl methyl sites for hydroxylation is 2. The molecule has 6 nitrogen and oxygen atoms in total. The lowest BCUT2D eigenvalue weighted by Crippen LogP contribution is -2.46. The van der Waals surface area contributed by atoms with Crippen molar-refractivity contribution >= 4 is 5.97 Å². The highest BCUT2D eigenvalue weighted by Crippen LogP contribution is 2.27. The zero-order valence-corrected chi connectivity index (χ0v) is 11.8. The van der Waals surface area contributed by atoms with Crippen LogP contribution in [0.4, 0.5) is 0 Å². The summed E-state index contributed by atoms with van der Waals surface area (Å²) in [5, 5.41) is 13.5. The van der Waals surface area contributed by atoms with Gasteiger partial charge in [0.15, 0.2) is 0 Å². The Balaban J connectivity index is 2.20. The van der Waals surface area contributed by atoms with Gasteiger partial charge in [0.1, 0.15) is 0 Å². The first-order valence-corrected chi connectivity index (χ1v) is 6.62. The molecule has 19 heavy (non-hydrogen) atoms. The number of aromatic nitrogens is 2. The SMILES string of the molecule is Cc1nn(C)cc1C(CC(=O)O)N1CCN(C)CC1. The van der Waals surface area contributed by atoms with Crippen molar-refractivity contribution in [3.05, 3.63) is 17.5 Å². The van der Waals surface area contributed by atoms with Crippen LogP contribution in [0.1, 0.15) is 23.7 Å². The second-order valence-corrected chi connectivity index (χ2v) is 5.30. The summed E-state index contributed by atoms with van der Waals surface area (Å²) in [7, 11) is 3.97. The normalized spacial score (nSPS) is 19.5.